The van der Waals surface area contributed by atoms with Gasteiger partial charge in [-0.3, -0.25) is 9.59 Å². The van der Waals surface area contributed by atoms with Gasteiger partial charge in [0.15, 0.2) is 0 Å². The minimum atomic E-state index is -3.45. The molecule has 1 aliphatic heterocycles. The lowest BCUT2D eigenvalue weighted by molar-refractivity contribution is -0.120. The fourth-order valence-corrected chi connectivity index (χ4v) is 5.47. The van der Waals surface area contributed by atoms with Crippen LogP contribution in [0, 0.1) is 5.92 Å². The Bertz CT molecular complexity index is 1050. The zero-order valence-corrected chi connectivity index (χ0v) is 20.4. The van der Waals surface area contributed by atoms with E-state index in [0.29, 0.717) is 43.7 Å². The predicted octanol–water partition coefficient (Wildman–Crippen LogP) is 3.77. The molecule has 0 bridgehead atoms. The van der Waals surface area contributed by atoms with E-state index >= 15 is 0 Å². The molecule has 7 nitrogen and oxygen atoms in total. The smallest absolute Gasteiger partial charge is 0.253 e. The summed E-state index contributed by atoms with van der Waals surface area (Å²) in [5.41, 5.74) is 1.62. The van der Waals surface area contributed by atoms with E-state index in [1.807, 2.05) is 19.1 Å². The first kappa shape index (κ1) is 24.4. The van der Waals surface area contributed by atoms with Crippen LogP contribution in [0.3, 0.4) is 0 Å². The average Bonchev–Trinajstić information content (AvgIpc) is 2.79. The van der Waals surface area contributed by atoms with Crippen LogP contribution in [0.5, 0.6) is 0 Å². The number of para-hydroxylation sites is 1. The number of halogens is 1. The number of benzene rings is 2. The fourth-order valence-electron chi connectivity index (χ4n) is 3.64. The Morgan fingerprint density at radius 3 is 2.38 bits per heavy atom. The van der Waals surface area contributed by atoms with Gasteiger partial charge in [0.1, 0.15) is 0 Å². The van der Waals surface area contributed by atoms with Gasteiger partial charge in [-0.2, -0.15) is 0 Å². The number of carbonyl (C=O) groups excluding carboxylic acids is 2. The Kier molecular flexibility index (Phi) is 8.44. The molecule has 2 aromatic rings. The molecule has 0 atom stereocenters. The summed E-state index contributed by atoms with van der Waals surface area (Å²) < 4.78 is 27.9. The van der Waals surface area contributed by atoms with Gasteiger partial charge in [-0.15, -0.1) is 0 Å². The number of sulfonamides is 1. The molecule has 1 heterocycles. The minimum Gasteiger partial charge on any atom is -0.352 e. The van der Waals surface area contributed by atoms with Crippen molar-refractivity contribution in [2.45, 2.75) is 31.9 Å². The summed E-state index contributed by atoms with van der Waals surface area (Å²) in [6.45, 7) is 3.14. The van der Waals surface area contributed by atoms with Crippen molar-refractivity contribution >= 4 is 43.5 Å². The van der Waals surface area contributed by atoms with Crippen LogP contribution in [0.1, 0.15) is 42.1 Å². The molecule has 172 valence electrons. The maximum absolute atomic E-state index is 12.8. The Hall–Kier alpha value is -2.23. The summed E-state index contributed by atoms with van der Waals surface area (Å²) in [5.74, 6) is -0.777. The highest BCUT2D eigenvalue weighted by Gasteiger charge is 2.31. The second-order valence-electron chi connectivity index (χ2n) is 7.85. The van der Waals surface area contributed by atoms with Crippen LogP contribution in [0.2, 0.25) is 0 Å². The highest BCUT2D eigenvalue weighted by molar-refractivity contribution is 9.10. The van der Waals surface area contributed by atoms with Crippen LogP contribution in [-0.2, 0) is 20.6 Å². The first-order valence-corrected chi connectivity index (χ1v) is 13.1. The van der Waals surface area contributed by atoms with Crippen molar-refractivity contribution in [3.63, 3.8) is 0 Å². The molecule has 2 aromatic carbocycles. The van der Waals surface area contributed by atoms with Gasteiger partial charge in [0, 0.05) is 30.0 Å². The Balaban J connectivity index is 1.58. The van der Waals surface area contributed by atoms with E-state index in [1.54, 1.807) is 36.4 Å². The molecule has 0 unspecified atom stereocenters. The number of amides is 2. The Morgan fingerprint density at radius 1 is 1.06 bits per heavy atom. The largest absolute Gasteiger partial charge is 0.352 e. The molecule has 0 aromatic heterocycles. The first-order chi connectivity index (χ1) is 15.3. The van der Waals surface area contributed by atoms with Gasteiger partial charge in [-0.1, -0.05) is 47.1 Å². The monoisotopic (exact) mass is 521 g/mol. The van der Waals surface area contributed by atoms with E-state index in [4.69, 9.17) is 0 Å². The van der Waals surface area contributed by atoms with Gasteiger partial charge in [0.05, 0.1) is 17.0 Å². The number of carbonyl (C=O) groups is 2. The number of rotatable bonds is 8. The van der Waals surface area contributed by atoms with Crippen molar-refractivity contribution in [1.29, 1.82) is 0 Å². The topological polar surface area (TPSA) is 95.6 Å². The van der Waals surface area contributed by atoms with Crippen molar-refractivity contribution in [2.75, 3.05) is 25.0 Å². The Labute approximate surface area is 197 Å². The standard InChI is InChI=1S/C23H28BrN3O4S/c1-2-13-25-23(29)20-5-3-4-6-21(20)26-22(28)18-11-14-27(15-12-18)32(30,31)16-17-7-9-19(24)10-8-17/h3-10,18H,2,11-16H2,1H3,(H,25,29)(H,26,28). The molecule has 32 heavy (non-hydrogen) atoms. The lowest BCUT2D eigenvalue weighted by Gasteiger charge is -2.30. The fraction of sp³-hybridized carbons (Fsp3) is 0.391. The lowest BCUT2D eigenvalue weighted by atomic mass is 9.97. The lowest BCUT2D eigenvalue weighted by Crippen LogP contribution is -2.42. The number of nitrogens with zero attached hydrogens (tertiary/aromatic N) is 1. The highest BCUT2D eigenvalue weighted by atomic mass is 79.9. The third-order valence-electron chi connectivity index (χ3n) is 5.45. The van der Waals surface area contributed by atoms with Gasteiger partial charge in [0.25, 0.3) is 5.91 Å². The van der Waals surface area contributed by atoms with Crippen molar-refractivity contribution in [3.05, 3.63) is 64.1 Å². The molecule has 0 saturated carbocycles. The van der Waals surface area contributed by atoms with E-state index in [9.17, 15) is 18.0 Å². The summed E-state index contributed by atoms with van der Waals surface area (Å²) >= 11 is 3.35. The minimum absolute atomic E-state index is 0.0581. The van der Waals surface area contributed by atoms with Crippen LogP contribution in [0.4, 0.5) is 5.69 Å². The van der Waals surface area contributed by atoms with Crippen LogP contribution >= 0.6 is 15.9 Å². The van der Waals surface area contributed by atoms with Crippen LogP contribution in [-0.4, -0.2) is 44.2 Å². The summed E-state index contributed by atoms with van der Waals surface area (Å²) in [4.78, 5) is 25.2. The quantitative estimate of drug-likeness (QED) is 0.552. The molecular weight excluding hydrogens is 494 g/mol. The highest BCUT2D eigenvalue weighted by Crippen LogP contribution is 2.24. The third kappa shape index (κ3) is 6.40. The van der Waals surface area contributed by atoms with Gasteiger partial charge in [0.2, 0.25) is 15.9 Å². The average molecular weight is 522 g/mol. The second kappa shape index (κ2) is 11.1. The molecule has 1 aliphatic rings. The molecule has 2 amide bonds. The first-order valence-electron chi connectivity index (χ1n) is 10.7. The zero-order chi connectivity index (χ0) is 23.1. The van der Waals surface area contributed by atoms with E-state index < -0.39 is 10.0 Å². The van der Waals surface area contributed by atoms with Crippen molar-refractivity contribution in [3.8, 4) is 0 Å². The SMILES string of the molecule is CCCNC(=O)c1ccccc1NC(=O)C1CCN(S(=O)(=O)Cc2ccc(Br)cc2)CC1. The number of anilines is 1. The predicted molar refractivity (Wildman–Crippen MR) is 129 cm³/mol. The Morgan fingerprint density at radius 2 is 1.72 bits per heavy atom. The van der Waals surface area contributed by atoms with E-state index in [-0.39, 0.29) is 23.5 Å². The molecule has 2 N–H and O–H groups in total. The van der Waals surface area contributed by atoms with Crippen molar-refractivity contribution in [1.82, 2.24) is 9.62 Å². The maximum atomic E-state index is 12.8. The van der Waals surface area contributed by atoms with Crippen LogP contribution in [0.15, 0.2) is 53.0 Å². The number of piperidine rings is 1. The van der Waals surface area contributed by atoms with Gasteiger partial charge < -0.3 is 10.6 Å². The molecule has 3 rings (SSSR count). The second-order valence-corrected chi connectivity index (χ2v) is 10.7. The molecule has 9 heteroatoms. The van der Waals surface area contributed by atoms with Gasteiger partial charge in [-0.25, -0.2) is 12.7 Å². The molecule has 0 spiro atoms. The summed E-state index contributed by atoms with van der Waals surface area (Å²) in [5, 5.41) is 5.69. The number of nitrogens with one attached hydrogen (secondary N) is 2. The normalized spacial score (nSPS) is 15.3. The third-order valence-corrected chi connectivity index (χ3v) is 7.82. The molecular formula is C23H28BrN3O4S. The van der Waals surface area contributed by atoms with E-state index in [0.717, 1.165) is 16.5 Å². The van der Waals surface area contributed by atoms with Crippen molar-refractivity contribution < 1.29 is 18.0 Å². The van der Waals surface area contributed by atoms with Gasteiger partial charge in [-0.05, 0) is 49.1 Å². The van der Waals surface area contributed by atoms with E-state index in [2.05, 4.69) is 26.6 Å². The molecule has 0 aliphatic carbocycles. The summed E-state index contributed by atoms with van der Waals surface area (Å²) in [6, 6.07) is 14.1. The molecule has 1 fully saturated rings. The molecule has 1 saturated heterocycles. The zero-order valence-electron chi connectivity index (χ0n) is 18.0. The maximum Gasteiger partial charge on any atom is 0.253 e. The van der Waals surface area contributed by atoms with Crippen LogP contribution < -0.4 is 10.6 Å². The number of hydrogen-bond donors (Lipinski definition) is 2. The van der Waals surface area contributed by atoms with Gasteiger partial charge >= 0.3 is 0 Å². The number of hydrogen-bond acceptors (Lipinski definition) is 4. The summed E-state index contributed by atoms with van der Waals surface area (Å²) in [7, 11) is -3.45. The van der Waals surface area contributed by atoms with E-state index in [1.165, 1.54) is 4.31 Å². The van der Waals surface area contributed by atoms with Crippen molar-refractivity contribution in [2.24, 2.45) is 5.92 Å². The molecule has 0 radical (unpaired) electrons. The summed E-state index contributed by atoms with van der Waals surface area (Å²) in [6.07, 6.45) is 1.70. The van der Waals surface area contributed by atoms with Crippen LogP contribution in [0.25, 0.3) is 0 Å².